The lowest BCUT2D eigenvalue weighted by Crippen LogP contribution is -2.25. The number of hydrogen-bond acceptors (Lipinski definition) is 6. The maximum atomic E-state index is 12.3. The zero-order valence-corrected chi connectivity index (χ0v) is 12.9. The number of nitrogens with zero attached hydrogens (tertiary/aromatic N) is 2. The fourth-order valence-corrected chi connectivity index (χ4v) is 3.50. The molecule has 3 N–H and O–H groups in total. The number of aryl methyl sites for hydroxylation is 1. The van der Waals surface area contributed by atoms with Crippen LogP contribution in [0.3, 0.4) is 0 Å². The molecule has 0 aliphatic heterocycles. The molecule has 0 amide bonds. The summed E-state index contributed by atoms with van der Waals surface area (Å²) in [6, 6.07) is 0. The molecule has 20 heavy (non-hydrogen) atoms. The molecule has 2 rings (SSSR count). The van der Waals surface area contributed by atoms with Crippen LogP contribution in [0.25, 0.3) is 0 Å². The monoisotopic (exact) mass is 315 g/mol. The largest absolute Gasteiger partial charge is 0.313 e. The Bertz CT molecular complexity index is 648. The van der Waals surface area contributed by atoms with Crippen LogP contribution in [0.1, 0.15) is 23.1 Å². The van der Waals surface area contributed by atoms with E-state index in [2.05, 4.69) is 25.2 Å². The van der Waals surface area contributed by atoms with Crippen LogP contribution in [0.5, 0.6) is 0 Å². The highest BCUT2D eigenvalue weighted by atomic mass is 32.2. The smallest absolute Gasteiger partial charge is 0.260 e. The summed E-state index contributed by atoms with van der Waals surface area (Å²) in [6.45, 7) is 5.22. The Kier molecular flexibility index (Phi) is 4.86. The lowest BCUT2D eigenvalue weighted by molar-refractivity contribution is 0.574. The van der Waals surface area contributed by atoms with Gasteiger partial charge in [0.1, 0.15) is 0 Å². The molecule has 2 aromatic rings. The van der Waals surface area contributed by atoms with E-state index in [0.29, 0.717) is 12.1 Å². The highest BCUT2D eigenvalue weighted by Gasteiger charge is 2.23. The average Bonchev–Trinajstić information content (AvgIpc) is 3.04. The van der Waals surface area contributed by atoms with Crippen molar-refractivity contribution in [1.82, 2.24) is 25.2 Å². The number of hydrogen-bond donors (Lipinski definition) is 3. The first-order valence-electron chi connectivity index (χ1n) is 6.16. The van der Waals surface area contributed by atoms with Gasteiger partial charge < -0.3 is 5.32 Å². The van der Waals surface area contributed by atoms with Crippen molar-refractivity contribution < 1.29 is 8.42 Å². The van der Waals surface area contributed by atoms with Crippen molar-refractivity contribution in [2.24, 2.45) is 0 Å². The van der Waals surface area contributed by atoms with Crippen LogP contribution in [0.4, 0.5) is 0 Å². The van der Waals surface area contributed by atoms with Gasteiger partial charge in [0.15, 0.2) is 5.03 Å². The molecule has 0 atom stereocenters. The molecule has 0 unspecified atom stereocenters. The molecule has 0 aromatic carbocycles. The highest BCUT2D eigenvalue weighted by molar-refractivity contribution is 7.89. The Labute approximate surface area is 121 Å². The van der Waals surface area contributed by atoms with Gasteiger partial charge in [-0.05, 0) is 13.5 Å². The first kappa shape index (κ1) is 15.1. The second-order valence-corrected chi connectivity index (χ2v) is 6.86. The number of aromatic amines is 1. The van der Waals surface area contributed by atoms with E-state index in [9.17, 15) is 8.42 Å². The maximum absolute atomic E-state index is 12.3. The van der Waals surface area contributed by atoms with E-state index in [1.807, 2.05) is 13.8 Å². The molecule has 0 bridgehead atoms. The topological polar surface area (TPSA) is 99.8 Å². The van der Waals surface area contributed by atoms with Crippen molar-refractivity contribution in [3.05, 3.63) is 27.8 Å². The normalized spacial score (nSPS) is 11.9. The molecule has 2 heterocycles. The fourth-order valence-electron chi connectivity index (χ4n) is 1.67. The maximum Gasteiger partial charge on any atom is 0.260 e. The third-order valence-corrected chi connectivity index (χ3v) is 4.91. The van der Waals surface area contributed by atoms with E-state index < -0.39 is 10.0 Å². The quantitative estimate of drug-likeness (QED) is 0.700. The van der Waals surface area contributed by atoms with Crippen molar-refractivity contribution in [1.29, 1.82) is 0 Å². The van der Waals surface area contributed by atoms with E-state index >= 15 is 0 Å². The summed E-state index contributed by atoms with van der Waals surface area (Å²) in [4.78, 5) is 4.77. The van der Waals surface area contributed by atoms with E-state index in [1.165, 1.54) is 11.3 Å². The number of nitrogens with one attached hydrogen (secondary N) is 3. The second kappa shape index (κ2) is 6.44. The Morgan fingerprint density at radius 2 is 2.20 bits per heavy atom. The van der Waals surface area contributed by atoms with Crippen molar-refractivity contribution in [3.63, 3.8) is 0 Å². The number of thiazole rings is 1. The molecule has 0 radical (unpaired) electrons. The first-order valence-corrected chi connectivity index (χ1v) is 8.52. The van der Waals surface area contributed by atoms with Crippen LogP contribution < -0.4 is 10.0 Å². The minimum Gasteiger partial charge on any atom is -0.313 e. The van der Waals surface area contributed by atoms with Crippen molar-refractivity contribution in [2.45, 2.75) is 32.0 Å². The summed E-state index contributed by atoms with van der Waals surface area (Å²) >= 11 is 1.40. The van der Waals surface area contributed by atoms with Gasteiger partial charge in [-0.25, -0.2) is 13.1 Å². The Balaban J connectivity index is 2.16. The van der Waals surface area contributed by atoms with Crippen LogP contribution in [0.15, 0.2) is 16.7 Å². The molecule has 0 saturated heterocycles. The molecule has 0 fully saturated rings. The van der Waals surface area contributed by atoms with Gasteiger partial charge in [-0.2, -0.15) is 5.10 Å². The Morgan fingerprint density at radius 3 is 2.85 bits per heavy atom. The van der Waals surface area contributed by atoms with Crippen molar-refractivity contribution >= 4 is 21.4 Å². The second-order valence-electron chi connectivity index (χ2n) is 4.20. The number of H-pyrrole nitrogens is 1. The summed E-state index contributed by atoms with van der Waals surface area (Å²) in [7, 11) is -3.63. The lowest BCUT2D eigenvalue weighted by Gasteiger charge is -2.06. The third kappa shape index (κ3) is 3.42. The lowest BCUT2D eigenvalue weighted by atomic mass is 10.2. The molecule has 0 aliphatic rings. The van der Waals surface area contributed by atoms with Gasteiger partial charge in [0.2, 0.25) is 0 Å². The number of rotatable bonds is 7. The van der Waals surface area contributed by atoms with Gasteiger partial charge in [0.05, 0.1) is 5.51 Å². The predicted molar refractivity (Wildman–Crippen MR) is 76.8 cm³/mol. The van der Waals surface area contributed by atoms with Crippen LogP contribution >= 0.6 is 11.3 Å². The molecule has 0 spiro atoms. The minimum absolute atomic E-state index is 0.0560. The summed E-state index contributed by atoms with van der Waals surface area (Å²) < 4.78 is 27.1. The van der Waals surface area contributed by atoms with E-state index in [0.717, 1.165) is 17.1 Å². The fraction of sp³-hybridized carbons (Fsp3) is 0.455. The Morgan fingerprint density at radius 1 is 1.40 bits per heavy atom. The molecule has 7 nitrogen and oxygen atoms in total. The van der Waals surface area contributed by atoms with Crippen LogP contribution in [-0.4, -0.2) is 30.1 Å². The van der Waals surface area contributed by atoms with E-state index in [-0.39, 0.29) is 11.6 Å². The van der Waals surface area contributed by atoms with Crippen LogP contribution in [0, 0.1) is 6.92 Å². The molecular weight excluding hydrogens is 298 g/mol. The van der Waals surface area contributed by atoms with Gasteiger partial charge in [-0.15, -0.1) is 11.3 Å². The van der Waals surface area contributed by atoms with Gasteiger partial charge in [0.25, 0.3) is 10.0 Å². The van der Waals surface area contributed by atoms with Gasteiger partial charge in [0, 0.05) is 35.4 Å². The first-order chi connectivity index (χ1) is 9.54. The summed E-state index contributed by atoms with van der Waals surface area (Å²) in [5.74, 6) is 0. The van der Waals surface area contributed by atoms with Gasteiger partial charge in [-0.3, -0.25) is 10.1 Å². The van der Waals surface area contributed by atoms with Gasteiger partial charge >= 0.3 is 0 Å². The Hall–Kier alpha value is -1.29. The predicted octanol–water partition coefficient (Wildman–Crippen LogP) is 0.763. The molecule has 110 valence electrons. The summed E-state index contributed by atoms with van der Waals surface area (Å²) in [5, 5.41) is 9.81. The molecule has 9 heteroatoms. The molecule has 2 aromatic heterocycles. The molecule has 0 saturated carbocycles. The third-order valence-electron chi connectivity index (χ3n) is 2.76. The van der Waals surface area contributed by atoms with Crippen LogP contribution in [0.2, 0.25) is 0 Å². The molecular formula is C11H17N5O2S2. The standard InChI is InChI=1S/C11H17N5O2S2/c1-3-12-6-10-8(2)15-16-11(10)20(17,18)14-5-9-4-13-7-19-9/h4,7,12,14H,3,5-6H2,1-2H3,(H,15,16). The zero-order valence-electron chi connectivity index (χ0n) is 11.3. The van der Waals surface area contributed by atoms with Crippen molar-refractivity contribution in [2.75, 3.05) is 6.54 Å². The van der Waals surface area contributed by atoms with Crippen LogP contribution in [-0.2, 0) is 23.1 Å². The van der Waals surface area contributed by atoms with E-state index in [4.69, 9.17) is 0 Å². The highest BCUT2D eigenvalue weighted by Crippen LogP contribution is 2.16. The SMILES string of the molecule is CCNCc1c(S(=O)(=O)NCc2cncs2)n[nH]c1C. The van der Waals surface area contributed by atoms with E-state index in [1.54, 1.807) is 11.7 Å². The minimum atomic E-state index is -3.63. The average molecular weight is 315 g/mol. The number of sulfonamides is 1. The van der Waals surface area contributed by atoms with Gasteiger partial charge in [-0.1, -0.05) is 6.92 Å². The summed E-state index contributed by atoms with van der Waals surface area (Å²) in [5.41, 5.74) is 3.09. The summed E-state index contributed by atoms with van der Waals surface area (Å²) in [6.07, 6.45) is 1.64. The molecule has 0 aliphatic carbocycles. The number of aromatic nitrogens is 3. The zero-order chi connectivity index (χ0) is 14.6. The van der Waals surface area contributed by atoms with Crippen molar-refractivity contribution in [3.8, 4) is 0 Å².